The Morgan fingerprint density at radius 3 is 2.78 bits per heavy atom. The van der Waals surface area contributed by atoms with Crippen LogP contribution in [-0.2, 0) is 16.6 Å². The van der Waals surface area contributed by atoms with Gasteiger partial charge in [0.25, 0.3) is 0 Å². The van der Waals surface area contributed by atoms with Gasteiger partial charge in [-0.05, 0) is 61.6 Å². The SMILES string of the molecule is COc1ccc2c(c1O)[C@]13CCN(CC4CC4)[C@H](C2)[C@@H]1[C@@H](C)[C@H](C)C(=O)C3. The fourth-order valence-corrected chi connectivity index (χ4v) is 6.63. The first kappa shape index (κ1) is 17.5. The predicted molar refractivity (Wildman–Crippen MR) is 104 cm³/mol. The van der Waals surface area contributed by atoms with Gasteiger partial charge >= 0.3 is 0 Å². The molecule has 1 N–H and O–H groups in total. The summed E-state index contributed by atoms with van der Waals surface area (Å²) < 4.78 is 5.44. The van der Waals surface area contributed by atoms with Gasteiger partial charge in [-0.3, -0.25) is 9.69 Å². The minimum atomic E-state index is -0.222. The zero-order valence-corrected chi connectivity index (χ0v) is 16.7. The molecule has 3 fully saturated rings. The quantitative estimate of drug-likeness (QED) is 0.885. The molecule has 1 saturated heterocycles. The Hall–Kier alpha value is -1.55. The smallest absolute Gasteiger partial charge is 0.161 e. The van der Waals surface area contributed by atoms with Crippen molar-refractivity contribution in [3.05, 3.63) is 23.3 Å². The molecule has 1 aliphatic heterocycles. The number of likely N-dealkylation sites (tertiary alicyclic amines) is 1. The Kier molecular flexibility index (Phi) is 3.88. The Bertz CT molecular complexity index is 786. The molecule has 0 spiro atoms. The second kappa shape index (κ2) is 5.97. The molecule has 2 saturated carbocycles. The highest BCUT2D eigenvalue weighted by Gasteiger charge is 2.60. The van der Waals surface area contributed by atoms with Gasteiger partial charge in [0.05, 0.1) is 7.11 Å². The summed E-state index contributed by atoms with van der Waals surface area (Å²) in [6.45, 7) is 6.64. The highest BCUT2D eigenvalue weighted by Crippen LogP contribution is 2.61. The molecule has 5 atom stereocenters. The average molecular weight is 370 g/mol. The van der Waals surface area contributed by atoms with Crippen LogP contribution >= 0.6 is 0 Å². The van der Waals surface area contributed by atoms with E-state index in [9.17, 15) is 9.90 Å². The average Bonchev–Trinajstić information content (AvgIpc) is 3.46. The third-order valence-electron chi connectivity index (χ3n) is 8.28. The van der Waals surface area contributed by atoms with E-state index < -0.39 is 0 Å². The van der Waals surface area contributed by atoms with E-state index in [1.165, 1.54) is 24.9 Å². The minimum absolute atomic E-state index is 0.112. The number of phenolic OH excluding ortho intramolecular Hbond substituents is 1. The summed E-state index contributed by atoms with van der Waals surface area (Å²) >= 11 is 0. The topological polar surface area (TPSA) is 49.8 Å². The standard InChI is InChI=1S/C23H31NO3/c1-13-14(2)20-17-10-16-6-7-19(27-3)22(26)21(16)23(20,11-18(13)25)8-9-24(17)12-15-4-5-15/h6-7,13-15,17,20,26H,4-5,8-12H2,1-3H3/t13-,14-,17+,20-,23-/m0/s1. The number of Topliss-reactive ketones (excluding diaryl/α,β-unsaturated/α-hetero) is 1. The summed E-state index contributed by atoms with van der Waals surface area (Å²) in [4.78, 5) is 15.7. The molecular formula is C23H31NO3. The largest absolute Gasteiger partial charge is 0.504 e. The van der Waals surface area contributed by atoms with Crippen molar-refractivity contribution < 1.29 is 14.6 Å². The molecule has 1 aromatic carbocycles. The van der Waals surface area contributed by atoms with Crippen LogP contribution in [0.2, 0.25) is 0 Å². The zero-order valence-electron chi connectivity index (χ0n) is 16.7. The maximum Gasteiger partial charge on any atom is 0.161 e. The third kappa shape index (κ3) is 2.41. The zero-order chi connectivity index (χ0) is 18.9. The molecule has 4 nitrogen and oxygen atoms in total. The van der Waals surface area contributed by atoms with Crippen LogP contribution in [0.4, 0.5) is 0 Å². The van der Waals surface area contributed by atoms with Gasteiger partial charge in [0.2, 0.25) is 0 Å². The van der Waals surface area contributed by atoms with Gasteiger partial charge in [-0.25, -0.2) is 0 Å². The van der Waals surface area contributed by atoms with Gasteiger partial charge in [-0.15, -0.1) is 0 Å². The van der Waals surface area contributed by atoms with E-state index in [0.29, 0.717) is 35.8 Å². The van der Waals surface area contributed by atoms with E-state index in [1.54, 1.807) is 7.11 Å². The molecule has 0 radical (unpaired) electrons. The van der Waals surface area contributed by atoms with E-state index >= 15 is 0 Å². The second-order valence-electron chi connectivity index (χ2n) is 9.58. The fourth-order valence-electron chi connectivity index (χ4n) is 6.63. The molecular weight excluding hydrogens is 338 g/mol. The Morgan fingerprint density at radius 1 is 1.30 bits per heavy atom. The van der Waals surface area contributed by atoms with Crippen LogP contribution in [0.1, 0.15) is 50.7 Å². The third-order valence-corrected chi connectivity index (χ3v) is 8.28. The maximum absolute atomic E-state index is 13.0. The number of hydrogen-bond acceptors (Lipinski definition) is 4. The number of ketones is 1. The van der Waals surface area contributed by atoms with Crippen molar-refractivity contribution in [2.45, 2.75) is 57.4 Å². The van der Waals surface area contributed by atoms with Gasteiger partial charge in [0.1, 0.15) is 5.78 Å². The Labute approximate surface area is 161 Å². The van der Waals surface area contributed by atoms with Crippen molar-refractivity contribution >= 4 is 5.78 Å². The van der Waals surface area contributed by atoms with Crippen LogP contribution in [-0.4, -0.2) is 42.0 Å². The molecule has 0 aromatic heterocycles. The van der Waals surface area contributed by atoms with Crippen LogP contribution in [0.15, 0.2) is 12.1 Å². The molecule has 5 rings (SSSR count). The van der Waals surface area contributed by atoms with Gasteiger partial charge in [-0.1, -0.05) is 19.9 Å². The van der Waals surface area contributed by atoms with Crippen molar-refractivity contribution in [2.24, 2.45) is 23.7 Å². The van der Waals surface area contributed by atoms with Crippen LogP contribution < -0.4 is 4.74 Å². The number of carbonyl (C=O) groups is 1. The molecule has 4 heteroatoms. The predicted octanol–water partition coefficient (Wildman–Crippen LogP) is 3.54. The minimum Gasteiger partial charge on any atom is -0.504 e. The number of phenols is 1. The number of piperidine rings is 1. The van der Waals surface area contributed by atoms with Gasteiger partial charge < -0.3 is 9.84 Å². The van der Waals surface area contributed by atoms with Crippen LogP contribution in [0, 0.1) is 23.7 Å². The number of fused-ring (bicyclic) bond motifs is 1. The molecule has 3 aliphatic carbocycles. The van der Waals surface area contributed by atoms with E-state index in [4.69, 9.17) is 4.74 Å². The van der Waals surface area contributed by atoms with Gasteiger partial charge in [-0.2, -0.15) is 0 Å². The maximum atomic E-state index is 13.0. The van der Waals surface area contributed by atoms with Crippen molar-refractivity contribution in [1.82, 2.24) is 4.90 Å². The van der Waals surface area contributed by atoms with Gasteiger partial charge in [0.15, 0.2) is 11.5 Å². The van der Waals surface area contributed by atoms with Crippen LogP contribution in [0.5, 0.6) is 11.5 Å². The summed E-state index contributed by atoms with van der Waals surface area (Å²) in [5.74, 6) is 2.95. The second-order valence-corrected chi connectivity index (χ2v) is 9.58. The van der Waals surface area contributed by atoms with E-state index in [0.717, 1.165) is 30.9 Å². The number of methoxy groups -OCH3 is 1. The highest BCUT2D eigenvalue weighted by atomic mass is 16.5. The molecule has 27 heavy (non-hydrogen) atoms. The van der Waals surface area contributed by atoms with Crippen molar-refractivity contribution in [3.63, 3.8) is 0 Å². The Morgan fingerprint density at radius 2 is 2.07 bits per heavy atom. The molecule has 2 bridgehead atoms. The molecule has 1 heterocycles. The number of nitrogens with zero attached hydrogens (tertiary/aromatic N) is 1. The normalized spacial score (nSPS) is 38.3. The van der Waals surface area contributed by atoms with E-state index in [-0.39, 0.29) is 17.1 Å². The number of benzene rings is 1. The monoisotopic (exact) mass is 369 g/mol. The number of hydrogen-bond donors (Lipinski definition) is 1. The summed E-state index contributed by atoms with van der Waals surface area (Å²) in [5, 5.41) is 11.1. The number of carbonyl (C=O) groups excluding carboxylic acids is 1. The molecule has 146 valence electrons. The molecule has 4 aliphatic rings. The van der Waals surface area contributed by atoms with Crippen molar-refractivity contribution in [2.75, 3.05) is 20.2 Å². The Balaban J connectivity index is 1.67. The van der Waals surface area contributed by atoms with E-state index in [1.807, 2.05) is 6.07 Å². The lowest BCUT2D eigenvalue weighted by atomic mass is 9.47. The summed E-state index contributed by atoms with van der Waals surface area (Å²) in [7, 11) is 1.61. The lowest BCUT2D eigenvalue weighted by molar-refractivity contribution is -0.138. The van der Waals surface area contributed by atoms with Gasteiger partial charge in [0, 0.05) is 35.9 Å². The first-order chi connectivity index (χ1) is 13.0. The molecule has 0 amide bonds. The molecule has 0 unspecified atom stereocenters. The van der Waals surface area contributed by atoms with E-state index in [2.05, 4.69) is 24.8 Å². The molecule has 1 aromatic rings. The number of aromatic hydroxyl groups is 1. The first-order valence-corrected chi connectivity index (χ1v) is 10.6. The number of rotatable bonds is 3. The summed E-state index contributed by atoms with van der Waals surface area (Å²) in [5.41, 5.74) is 2.03. The fraction of sp³-hybridized carbons (Fsp3) is 0.696. The number of ether oxygens (including phenoxy) is 1. The lowest BCUT2D eigenvalue weighted by Crippen LogP contribution is -2.65. The highest BCUT2D eigenvalue weighted by molar-refractivity contribution is 5.84. The van der Waals surface area contributed by atoms with Crippen molar-refractivity contribution in [1.29, 1.82) is 0 Å². The van der Waals surface area contributed by atoms with Crippen LogP contribution in [0.3, 0.4) is 0 Å². The lowest BCUT2D eigenvalue weighted by Gasteiger charge is -2.61. The summed E-state index contributed by atoms with van der Waals surface area (Å²) in [6, 6.07) is 4.51. The first-order valence-electron chi connectivity index (χ1n) is 10.6. The van der Waals surface area contributed by atoms with Crippen LogP contribution in [0.25, 0.3) is 0 Å². The van der Waals surface area contributed by atoms with Crippen molar-refractivity contribution in [3.8, 4) is 11.5 Å². The summed E-state index contributed by atoms with van der Waals surface area (Å²) in [6.07, 6.45) is 5.27.